The first-order valence-electron chi connectivity index (χ1n) is 6.82. The van der Waals surface area contributed by atoms with Crippen LogP contribution in [-0.2, 0) is 13.6 Å². The lowest BCUT2D eigenvalue weighted by molar-refractivity contribution is 0.674. The first-order valence-corrected chi connectivity index (χ1v) is 6.82. The lowest BCUT2D eigenvalue weighted by atomic mass is 10.1. The number of nitrogens with zero attached hydrogens (tertiary/aromatic N) is 2. The molecule has 4 heteroatoms. The fourth-order valence-electron chi connectivity index (χ4n) is 2.47. The molecule has 0 aliphatic carbocycles. The fourth-order valence-corrected chi connectivity index (χ4v) is 2.47. The molecular weight excluding hydrogens is 264 g/mol. The van der Waals surface area contributed by atoms with Gasteiger partial charge in [-0.25, -0.2) is 4.79 Å². The molecule has 0 spiro atoms. The average molecular weight is 280 g/mol. The number of para-hydroxylation sites is 1. The molecule has 0 bridgehead atoms. The summed E-state index contributed by atoms with van der Waals surface area (Å²) in [7, 11) is 1.52. The zero-order chi connectivity index (χ0) is 15.0. The third-order valence-electron chi connectivity index (χ3n) is 3.71. The molecule has 0 amide bonds. The SMILES string of the molecule is Cc1ccc(Cn2c(=O)n(C)c(=O)c3ccccc32)cc1. The van der Waals surface area contributed by atoms with Crippen LogP contribution in [0.2, 0.25) is 0 Å². The smallest absolute Gasteiger partial charge is 0.289 e. The lowest BCUT2D eigenvalue weighted by Gasteiger charge is -2.12. The van der Waals surface area contributed by atoms with E-state index in [-0.39, 0.29) is 11.2 Å². The number of benzene rings is 2. The first-order chi connectivity index (χ1) is 10.1. The van der Waals surface area contributed by atoms with Gasteiger partial charge in [0.25, 0.3) is 5.56 Å². The third kappa shape index (κ3) is 2.29. The van der Waals surface area contributed by atoms with Gasteiger partial charge in [-0.1, -0.05) is 42.0 Å². The van der Waals surface area contributed by atoms with Crippen molar-refractivity contribution in [2.24, 2.45) is 7.05 Å². The highest BCUT2D eigenvalue weighted by Crippen LogP contribution is 2.10. The first kappa shape index (κ1) is 13.4. The highest BCUT2D eigenvalue weighted by atomic mass is 16.2. The molecule has 21 heavy (non-hydrogen) atoms. The second-order valence-corrected chi connectivity index (χ2v) is 5.24. The fraction of sp³-hybridized carbons (Fsp3) is 0.176. The van der Waals surface area contributed by atoms with Gasteiger partial charge in [0.15, 0.2) is 0 Å². The van der Waals surface area contributed by atoms with Gasteiger partial charge in [-0.15, -0.1) is 0 Å². The standard InChI is InChI=1S/C17H16N2O2/c1-12-7-9-13(10-8-12)11-19-15-6-4-3-5-14(15)16(20)18(2)17(19)21/h3-10H,11H2,1-2H3. The van der Waals surface area contributed by atoms with E-state index in [0.29, 0.717) is 17.4 Å². The predicted octanol–water partition coefficient (Wildman–Crippen LogP) is 2.06. The maximum atomic E-state index is 12.4. The molecule has 2 aromatic carbocycles. The molecular formula is C17H16N2O2. The third-order valence-corrected chi connectivity index (χ3v) is 3.71. The van der Waals surface area contributed by atoms with E-state index in [1.54, 1.807) is 10.6 Å². The van der Waals surface area contributed by atoms with Crippen molar-refractivity contribution in [3.8, 4) is 0 Å². The van der Waals surface area contributed by atoms with Crippen molar-refractivity contribution in [1.82, 2.24) is 9.13 Å². The molecule has 0 radical (unpaired) electrons. The predicted molar refractivity (Wildman–Crippen MR) is 83.7 cm³/mol. The van der Waals surface area contributed by atoms with Gasteiger partial charge in [-0.2, -0.15) is 0 Å². The minimum absolute atomic E-state index is 0.254. The molecule has 0 aliphatic heterocycles. The van der Waals surface area contributed by atoms with Crippen LogP contribution >= 0.6 is 0 Å². The van der Waals surface area contributed by atoms with Gasteiger partial charge >= 0.3 is 5.69 Å². The van der Waals surface area contributed by atoms with Crippen LogP contribution in [0.3, 0.4) is 0 Å². The van der Waals surface area contributed by atoms with E-state index in [4.69, 9.17) is 0 Å². The number of aromatic nitrogens is 2. The molecule has 3 aromatic rings. The molecule has 0 atom stereocenters. The molecule has 3 rings (SSSR count). The van der Waals surface area contributed by atoms with E-state index < -0.39 is 0 Å². The number of fused-ring (bicyclic) bond motifs is 1. The van der Waals surface area contributed by atoms with E-state index in [9.17, 15) is 9.59 Å². The summed E-state index contributed by atoms with van der Waals surface area (Å²) < 4.78 is 2.80. The van der Waals surface area contributed by atoms with Crippen molar-refractivity contribution in [2.45, 2.75) is 13.5 Å². The Morgan fingerprint density at radius 1 is 0.952 bits per heavy atom. The minimum atomic E-state index is -0.292. The van der Waals surface area contributed by atoms with Crippen molar-refractivity contribution < 1.29 is 0 Å². The number of hydrogen-bond acceptors (Lipinski definition) is 2. The molecule has 0 saturated carbocycles. The summed E-state index contributed by atoms with van der Waals surface area (Å²) in [5.74, 6) is 0. The molecule has 0 N–H and O–H groups in total. The zero-order valence-corrected chi connectivity index (χ0v) is 12.0. The molecule has 0 aliphatic rings. The van der Waals surface area contributed by atoms with Gasteiger partial charge < -0.3 is 0 Å². The van der Waals surface area contributed by atoms with Crippen molar-refractivity contribution in [3.63, 3.8) is 0 Å². The van der Waals surface area contributed by atoms with Gasteiger partial charge in [0.1, 0.15) is 0 Å². The Morgan fingerprint density at radius 2 is 1.62 bits per heavy atom. The number of aryl methyl sites for hydroxylation is 1. The van der Waals surface area contributed by atoms with E-state index in [1.807, 2.05) is 49.4 Å². The van der Waals surface area contributed by atoms with Crippen LogP contribution < -0.4 is 11.2 Å². The summed E-state index contributed by atoms with van der Waals surface area (Å²) in [6, 6.07) is 15.3. The Bertz CT molecular complexity index is 918. The van der Waals surface area contributed by atoms with Gasteiger partial charge in [0.2, 0.25) is 0 Å². The van der Waals surface area contributed by atoms with E-state index in [0.717, 1.165) is 10.1 Å². The summed E-state index contributed by atoms with van der Waals surface area (Å²) in [5, 5.41) is 0.562. The van der Waals surface area contributed by atoms with Gasteiger partial charge in [-0.3, -0.25) is 13.9 Å². The van der Waals surface area contributed by atoms with Crippen molar-refractivity contribution in [2.75, 3.05) is 0 Å². The van der Waals surface area contributed by atoms with Crippen molar-refractivity contribution >= 4 is 10.9 Å². The summed E-state index contributed by atoms with van der Waals surface area (Å²) in [4.78, 5) is 24.5. The van der Waals surface area contributed by atoms with E-state index in [2.05, 4.69) is 0 Å². The zero-order valence-electron chi connectivity index (χ0n) is 12.0. The molecule has 1 aromatic heterocycles. The molecule has 1 heterocycles. The Morgan fingerprint density at radius 3 is 2.33 bits per heavy atom. The van der Waals surface area contributed by atoms with Crippen LogP contribution in [0.1, 0.15) is 11.1 Å². The van der Waals surface area contributed by atoms with Crippen molar-refractivity contribution in [3.05, 3.63) is 80.5 Å². The topological polar surface area (TPSA) is 44.0 Å². The highest BCUT2D eigenvalue weighted by molar-refractivity contribution is 5.77. The average Bonchev–Trinajstić information content (AvgIpc) is 2.51. The second kappa shape index (κ2) is 5.05. The maximum absolute atomic E-state index is 12.4. The summed E-state index contributed by atoms with van der Waals surface area (Å²) >= 11 is 0. The number of rotatable bonds is 2. The molecule has 0 unspecified atom stereocenters. The quantitative estimate of drug-likeness (QED) is 0.721. The maximum Gasteiger partial charge on any atom is 0.331 e. The van der Waals surface area contributed by atoms with Crippen LogP contribution in [0.4, 0.5) is 0 Å². The largest absolute Gasteiger partial charge is 0.331 e. The van der Waals surface area contributed by atoms with Gasteiger partial charge in [0, 0.05) is 7.05 Å². The Kier molecular flexibility index (Phi) is 3.22. The normalized spacial score (nSPS) is 11.0. The summed E-state index contributed by atoms with van der Waals surface area (Å²) in [6.07, 6.45) is 0. The van der Waals surface area contributed by atoms with E-state index in [1.165, 1.54) is 12.6 Å². The molecule has 0 saturated heterocycles. The molecule has 0 fully saturated rings. The minimum Gasteiger partial charge on any atom is -0.289 e. The highest BCUT2D eigenvalue weighted by Gasteiger charge is 2.10. The van der Waals surface area contributed by atoms with Gasteiger partial charge in [0.05, 0.1) is 17.4 Å². The summed E-state index contributed by atoms with van der Waals surface area (Å²) in [6.45, 7) is 2.48. The Labute approximate surface area is 121 Å². The molecule has 4 nitrogen and oxygen atoms in total. The van der Waals surface area contributed by atoms with Crippen LogP contribution in [-0.4, -0.2) is 9.13 Å². The van der Waals surface area contributed by atoms with Crippen LogP contribution in [0.5, 0.6) is 0 Å². The van der Waals surface area contributed by atoms with Crippen molar-refractivity contribution in [1.29, 1.82) is 0 Å². The van der Waals surface area contributed by atoms with Crippen LogP contribution in [0.25, 0.3) is 10.9 Å². The Hall–Kier alpha value is -2.62. The molecule has 106 valence electrons. The lowest BCUT2D eigenvalue weighted by Crippen LogP contribution is -2.38. The monoisotopic (exact) mass is 280 g/mol. The Balaban J connectivity index is 2.25. The number of hydrogen-bond donors (Lipinski definition) is 0. The van der Waals surface area contributed by atoms with E-state index >= 15 is 0 Å². The van der Waals surface area contributed by atoms with Gasteiger partial charge in [-0.05, 0) is 24.6 Å². The second-order valence-electron chi connectivity index (χ2n) is 5.24. The van der Waals surface area contributed by atoms with Crippen LogP contribution in [0.15, 0.2) is 58.1 Å². The van der Waals surface area contributed by atoms with Crippen LogP contribution in [0, 0.1) is 6.92 Å². The summed E-state index contributed by atoms with van der Waals surface area (Å²) in [5.41, 5.74) is 2.34.